The van der Waals surface area contributed by atoms with Crippen LogP contribution >= 0.6 is 0 Å². The highest BCUT2D eigenvalue weighted by Gasteiger charge is 2.19. The molecule has 0 radical (unpaired) electrons. The number of nitrogens with zero attached hydrogens (tertiary/aromatic N) is 5. The maximum atomic E-state index is 5.71. The second-order valence-corrected chi connectivity index (χ2v) is 4.42. The first-order chi connectivity index (χ1) is 11.2. The Morgan fingerprint density at radius 1 is 1.04 bits per heavy atom. The van der Waals surface area contributed by atoms with Crippen LogP contribution in [0.2, 0.25) is 0 Å². The van der Waals surface area contributed by atoms with Crippen molar-refractivity contribution in [2.75, 3.05) is 27.1 Å². The second-order valence-electron chi connectivity index (χ2n) is 4.42. The van der Waals surface area contributed by atoms with Gasteiger partial charge in [0.1, 0.15) is 0 Å². The molecule has 0 fully saturated rings. The van der Waals surface area contributed by atoms with Crippen LogP contribution in [0.5, 0.6) is 17.2 Å². The summed E-state index contributed by atoms with van der Waals surface area (Å²) in [6.45, 7) is 0. The van der Waals surface area contributed by atoms with Crippen molar-refractivity contribution in [3.05, 3.63) is 18.3 Å². The van der Waals surface area contributed by atoms with Gasteiger partial charge in [0.2, 0.25) is 17.4 Å². The van der Waals surface area contributed by atoms with Crippen LogP contribution < -0.4 is 19.9 Å². The lowest BCUT2D eigenvalue weighted by molar-refractivity contribution is 0.307. The molecule has 120 valence electrons. The lowest BCUT2D eigenvalue weighted by Gasteiger charge is -2.14. The SMILES string of the molecule is COc1cc(-c2cnnn2-c2nonc2N)cc(OC)c1OC. The van der Waals surface area contributed by atoms with Crippen molar-refractivity contribution in [1.82, 2.24) is 25.3 Å². The summed E-state index contributed by atoms with van der Waals surface area (Å²) < 4.78 is 22.0. The summed E-state index contributed by atoms with van der Waals surface area (Å²) in [6, 6.07) is 3.53. The third-order valence-electron chi connectivity index (χ3n) is 3.21. The smallest absolute Gasteiger partial charge is 0.243 e. The van der Waals surface area contributed by atoms with E-state index in [1.807, 2.05) is 0 Å². The number of nitrogens with two attached hydrogens (primary N) is 1. The highest BCUT2D eigenvalue weighted by molar-refractivity contribution is 5.70. The quantitative estimate of drug-likeness (QED) is 0.731. The fourth-order valence-corrected chi connectivity index (χ4v) is 2.16. The van der Waals surface area contributed by atoms with Gasteiger partial charge in [0, 0.05) is 5.56 Å². The summed E-state index contributed by atoms with van der Waals surface area (Å²) in [5.74, 6) is 1.83. The van der Waals surface area contributed by atoms with E-state index in [0.29, 0.717) is 28.5 Å². The summed E-state index contributed by atoms with van der Waals surface area (Å²) in [5.41, 5.74) is 7.03. The minimum atomic E-state index is 0.101. The molecule has 0 unspecified atom stereocenters. The number of hydrogen-bond acceptors (Lipinski definition) is 9. The first-order valence-corrected chi connectivity index (χ1v) is 6.49. The van der Waals surface area contributed by atoms with E-state index in [2.05, 4.69) is 25.3 Å². The molecular weight excluding hydrogens is 304 g/mol. The zero-order chi connectivity index (χ0) is 16.4. The molecule has 2 heterocycles. The monoisotopic (exact) mass is 318 g/mol. The lowest BCUT2D eigenvalue weighted by Crippen LogP contribution is -2.04. The molecule has 10 nitrogen and oxygen atoms in total. The number of rotatable bonds is 5. The Labute approximate surface area is 130 Å². The first-order valence-electron chi connectivity index (χ1n) is 6.49. The Balaban J connectivity index is 2.17. The van der Waals surface area contributed by atoms with E-state index < -0.39 is 0 Å². The molecule has 0 aliphatic heterocycles. The fraction of sp³-hybridized carbons (Fsp3) is 0.231. The Morgan fingerprint density at radius 3 is 2.26 bits per heavy atom. The molecule has 0 bridgehead atoms. The molecule has 0 saturated heterocycles. The number of ether oxygens (including phenoxy) is 3. The van der Waals surface area contributed by atoms with Gasteiger partial charge >= 0.3 is 0 Å². The zero-order valence-electron chi connectivity index (χ0n) is 12.7. The van der Waals surface area contributed by atoms with Crippen LogP contribution in [-0.2, 0) is 0 Å². The van der Waals surface area contributed by atoms with Gasteiger partial charge in [-0.3, -0.25) is 0 Å². The molecule has 23 heavy (non-hydrogen) atoms. The van der Waals surface area contributed by atoms with Crippen LogP contribution in [0.25, 0.3) is 17.1 Å². The fourth-order valence-electron chi connectivity index (χ4n) is 2.16. The predicted octanol–water partition coefficient (Wildman–Crippen LogP) is 0.925. The van der Waals surface area contributed by atoms with E-state index in [0.717, 1.165) is 0 Å². The minimum Gasteiger partial charge on any atom is -0.493 e. The van der Waals surface area contributed by atoms with Crippen LogP contribution in [0.1, 0.15) is 0 Å². The Hall–Kier alpha value is -3.30. The van der Waals surface area contributed by atoms with Crippen molar-refractivity contribution in [3.63, 3.8) is 0 Å². The van der Waals surface area contributed by atoms with E-state index in [9.17, 15) is 0 Å². The molecule has 1 aromatic carbocycles. The van der Waals surface area contributed by atoms with Crippen LogP contribution in [0, 0.1) is 0 Å². The number of nitrogen functional groups attached to an aromatic ring is 1. The number of aromatic nitrogens is 5. The van der Waals surface area contributed by atoms with Gasteiger partial charge < -0.3 is 19.9 Å². The molecule has 0 atom stereocenters. The molecule has 0 saturated carbocycles. The van der Waals surface area contributed by atoms with Crippen LogP contribution in [0.3, 0.4) is 0 Å². The summed E-state index contributed by atoms with van der Waals surface area (Å²) in [5, 5.41) is 15.1. The molecular formula is C13H14N6O4. The Morgan fingerprint density at radius 2 is 1.74 bits per heavy atom. The number of hydrogen-bond donors (Lipinski definition) is 1. The maximum absolute atomic E-state index is 5.71. The largest absolute Gasteiger partial charge is 0.493 e. The zero-order valence-corrected chi connectivity index (χ0v) is 12.7. The highest BCUT2D eigenvalue weighted by atomic mass is 16.6. The van der Waals surface area contributed by atoms with Gasteiger partial charge in [-0.2, -0.15) is 4.68 Å². The number of benzene rings is 1. The van der Waals surface area contributed by atoms with E-state index in [1.54, 1.807) is 18.3 Å². The summed E-state index contributed by atoms with van der Waals surface area (Å²) in [7, 11) is 4.61. The Kier molecular flexibility index (Phi) is 3.71. The minimum absolute atomic E-state index is 0.101. The van der Waals surface area contributed by atoms with Gasteiger partial charge in [0.05, 0.1) is 33.2 Å². The van der Waals surface area contributed by atoms with Gasteiger partial charge in [-0.15, -0.1) is 5.10 Å². The van der Waals surface area contributed by atoms with E-state index >= 15 is 0 Å². The third kappa shape index (κ3) is 2.39. The molecule has 0 aliphatic carbocycles. The molecule has 2 aromatic heterocycles. The van der Waals surface area contributed by atoms with Gasteiger partial charge in [-0.1, -0.05) is 5.21 Å². The summed E-state index contributed by atoms with van der Waals surface area (Å²) >= 11 is 0. The van der Waals surface area contributed by atoms with Gasteiger partial charge in [0.25, 0.3) is 0 Å². The van der Waals surface area contributed by atoms with E-state index in [4.69, 9.17) is 19.9 Å². The average molecular weight is 318 g/mol. The lowest BCUT2D eigenvalue weighted by atomic mass is 10.1. The molecule has 3 rings (SSSR count). The Bertz CT molecular complexity index is 802. The van der Waals surface area contributed by atoms with E-state index in [1.165, 1.54) is 26.0 Å². The van der Waals surface area contributed by atoms with E-state index in [-0.39, 0.29) is 11.6 Å². The van der Waals surface area contributed by atoms with Crippen LogP contribution in [0.15, 0.2) is 23.0 Å². The topological polar surface area (TPSA) is 123 Å². The third-order valence-corrected chi connectivity index (χ3v) is 3.21. The van der Waals surface area contributed by atoms with Gasteiger partial charge in [-0.05, 0) is 22.4 Å². The van der Waals surface area contributed by atoms with Crippen LogP contribution in [0.4, 0.5) is 5.82 Å². The highest BCUT2D eigenvalue weighted by Crippen LogP contribution is 2.41. The second kappa shape index (κ2) is 5.83. The van der Waals surface area contributed by atoms with Gasteiger partial charge in [0.15, 0.2) is 11.5 Å². The summed E-state index contributed by atoms with van der Waals surface area (Å²) in [4.78, 5) is 0. The van der Waals surface area contributed by atoms with Crippen molar-refractivity contribution in [2.45, 2.75) is 0 Å². The van der Waals surface area contributed by atoms with Crippen molar-refractivity contribution >= 4 is 5.82 Å². The normalized spacial score (nSPS) is 10.6. The van der Waals surface area contributed by atoms with Crippen molar-refractivity contribution in [3.8, 4) is 34.3 Å². The van der Waals surface area contributed by atoms with Crippen molar-refractivity contribution < 1.29 is 18.8 Å². The molecule has 2 N–H and O–H groups in total. The average Bonchev–Trinajstić information content (AvgIpc) is 3.21. The molecule has 3 aromatic rings. The maximum Gasteiger partial charge on any atom is 0.243 e. The standard InChI is InChI=1S/C13H14N6O4/c1-20-9-4-7(5-10(21-2)11(9)22-3)8-6-15-18-19(8)13-12(14)16-23-17-13/h4-6H,1-3H3,(H2,14,16). The van der Waals surface area contributed by atoms with Crippen molar-refractivity contribution in [1.29, 1.82) is 0 Å². The number of anilines is 1. The number of methoxy groups -OCH3 is 3. The van der Waals surface area contributed by atoms with Crippen LogP contribution in [-0.4, -0.2) is 46.6 Å². The first kappa shape index (κ1) is 14.6. The molecule has 10 heteroatoms. The predicted molar refractivity (Wildman–Crippen MR) is 78.7 cm³/mol. The molecule has 0 amide bonds. The molecule has 0 aliphatic rings. The van der Waals surface area contributed by atoms with Gasteiger partial charge in [-0.25, -0.2) is 4.63 Å². The van der Waals surface area contributed by atoms with Crippen molar-refractivity contribution in [2.24, 2.45) is 0 Å². The summed E-state index contributed by atoms with van der Waals surface area (Å²) in [6.07, 6.45) is 1.55. The molecule has 0 spiro atoms.